The highest BCUT2D eigenvalue weighted by Gasteiger charge is 2.39. The Morgan fingerprint density at radius 1 is 0.957 bits per heavy atom. The number of nitrogen functional groups attached to an aromatic ring is 1. The Hall–Kier alpha value is -4.21. The van der Waals surface area contributed by atoms with Gasteiger partial charge >= 0.3 is 0 Å². The van der Waals surface area contributed by atoms with Gasteiger partial charge in [0.1, 0.15) is 5.82 Å². The first kappa shape index (κ1) is 31.4. The third-order valence-electron chi connectivity index (χ3n) is 10.5. The number of amides is 1. The summed E-state index contributed by atoms with van der Waals surface area (Å²) in [5.74, 6) is -0.00945. The van der Waals surface area contributed by atoms with Crippen LogP contribution in [0.3, 0.4) is 0 Å². The number of aryl methyl sites for hydroxylation is 1. The second kappa shape index (κ2) is 12.8. The van der Waals surface area contributed by atoms with Crippen molar-refractivity contribution in [2.75, 3.05) is 37.3 Å². The van der Waals surface area contributed by atoms with Crippen molar-refractivity contribution in [1.82, 2.24) is 25.0 Å². The van der Waals surface area contributed by atoms with E-state index in [0.29, 0.717) is 18.2 Å². The van der Waals surface area contributed by atoms with Crippen LogP contribution in [0.15, 0.2) is 67.1 Å². The van der Waals surface area contributed by atoms with Crippen molar-refractivity contribution >= 4 is 17.4 Å². The summed E-state index contributed by atoms with van der Waals surface area (Å²) in [6, 6.07) is 18.1. The van der Waals surface area contributed by atoms with Gasteiger partial charge in [0, 0.05) is 54.3 Å². The Labute approximate surface area is 278 Å². The molecule has 1 saturated heterocycles. The van der Waals surface area contributed by atoms with Crippen molar-refractivity contribution in [3.05, 3.63) is 83.8 Å². The predicted octanol–water partition coefficient (Wildman–Crippen LogP) is 5.79. The highest BCUT2D eigenvalue weighted by atomic mass is 16.5. The number of nitrogens with one attached hydrogen (secondary N) is 1. The number of fused-ring (bicyclic) bond motifs is 1. The molecule has 0 bridgehead atoms. The van der Waals surface area contributed by atoms with Crippen LogP contribution in [0.25, 0.3) is 22.3 Å². The van der Waals surface area contributed by atoms with Crippen molar-refractivity contribution in [2.24, 2.45) is 7.05 Å². The third-order valence-corrected chi connectivity index (χ3v) is 10.5. The second-order valence-corrected chi connectivity index (χ2v) is 14.4. The van der Waals surface area contributed by atoms with E-state index in [1.54, 1.807) is 23.1 Å². The minimum Gasteiger partial charge on any atom is -0.383 e. The molecule has 1 saturated carbocycles. The van der Waals surface area contributed by atoms with E-state index in [2.05, 4.69) is 88.6 Å². The Kier molecular flexibility index (Phi) is 8.53. The molecule has 9 nitrogen and oxygen atoms in total. The van der Waals surface area contributed by atoms with Crippen LogP contribution < -0.4 is 16.0 Å². The number of nitrogens with two attached hydrogens (primary N) is 1. The molecule has 47 heavy (non-hydrogen) atoms. The van der Waals surface area contributed by atoms with E-state index in [0.717, 1.165) is 42.5 Å². The molecule has 2 aromatic carbocycles. The fourth-order valence-corrected chi connectivity index (χ4v) is 7.66. The number of aromatic nitrogens is 3. The highest BCUT2D eigenvalue weighted by molar-refractivity contribution is 5.99. The number of carbonyl (C=O) groups is 1. The molecule has 1 amide bonds. The number of carbonyl (C=O) groups excluding carboxylic acids is 1. The molecule has 0 spiro atoms. The SMILES string of the molecule is CN1CCC(N2CC(C)(C)c3cc(-c4ccc(CO[C@H]5CCC[C@@H]5NC(=O)c5cc(-c6cnn(C)c6)cnc5N)cc4)ccc32)CC1. The van der Waals surface area contributed by atoms with Gasteiger partial charge in [0.05, 0.1) is 30.5 Å². The summed E-state index contributed by atoms with van der Waals surface area (Å²) in [6.45, 7) is 8.71. The molecular formula is C38H47N7O2. The molecular weight excluding hydrogens is 586 g/mol. The maximum Gasteiger partial charge on any atom is 0.255 e. The van der Waals surface area contributed by atoms with E-state index in [1.165, 1.54) is 48.3 Å². The van der Waals surface area contributed by atoms with Gasteiger partial charge in [-0.25, -0.2) is 4.98 Å². The van der Waals surface area contributed by atoms with Crippen LogP contribution in [-0.2, 0) is 23.8 Å². The molecule has 9 heteroatoms. The smallest absolute Gasteiger partial charge is 0.255 e. The number of hydrogen-bond acceptors (Lipinski definition) is 7. The fourth-order valence-electron chi connectivity index (χ4n) is 7.66. The van der Waals surface area contributed by atoms with Crippen LogP contribution in [0.2, 0.25) is 0 Å². The van der Waals surface area contributed by atoms with Gasteiger partial charge in [-0.1, -0.05) is 44.2 Å². The van der Waals surface area contributed by atoms with E-state index in [-0.39, 0.29) is 29.3 Å². The van der Waals surface area contributed by atoms with E-state index in [1.807, 2.05) is 13.2 Å². The lowest BCUT2D eigenvalue weighted by Crippen LogP contribution is -2.44. The zero-order valence-electron chi connectivity index (χ0n) is 28.1. The average molecular weight is 634 g/mol. The maximum absolute atomic E-state index is 13.3. The lowest BCUT2D eigenvalue weighted by molar-refractivity contribution is 0.0272. The molecule has 2 aromatic heterocycles. The third kappa shape index (κ3) is 6.51. The molecule has 3 N–H and O–H groups in total. The van der Waals surface area contributed by atoms with Crippen LogP contribution in [-0.4, -0.2) is 70.4 Å². The highest BCUT2D eigenvalue weighted by Crippen LogP contribution is 2.44. The number of anilines is 2. The number of ether oxygens (including phenoxy) is 1. The van der Waals surface area contributed by atoms with Crippen LogP contribution >= 0.6 is 0 Å². The van der Waals surface area contributed by atoms with Crippen LogP contribution in [0, 0.1) is 0 Å². The molecule has 3 aliphatic rings. The van der Waals surface area contributed by atoms with Gasteiger partial charge in [-0.3, -0.25) is 9.48 Å². The van der Waals surface area contributed by atoms with Gasteiger partial charge in [0.25, 0.3) is 5.91 Å². The summed E-state index contributed by atoms with van der Waals surface area (Å²) in [4.78, 5) is 22.7. The normalized spacial score (nSPS) is 21.2. The van der Waals surface area contributed by atoms with Gasteiger partial charge in [0.2, 0.25) is 0 Å². The average Bonchev–Trinajstić information content (AvgIpc) is 3.78. The summed E-state index contributed by atoms with van der Waals surface area (Å²) in [6.07, 6.45) is 10.5. The molecule has 0 radical (unpaired) electrons. The van der Waals surface area contributed by atoms with Gasteiger partial charge < -0.3 is 25.6 Å². The molecule has 246 valence electrons. The Bertz CT molecular complexity index is 1740. The van der Waals surface area contributed by atoms with E-state index >= 15 is 0 Å². The molecule has 4 aromatic rings. The number of nitrogens with zero attached hydrogens (tertiary/aromatic N) is 5. The largest absolute Gasteiger partial charge is 0.383 e. The Morgan fingerprint density at radius 2 is 1.72 bits per heavy atom. The minimum absolute atomic E-state index is 0.0548. The molecule has 1 aliphatic carbocycles. The number of piperidine rings is 1. The second-order valence-electron chi connectivity index (χ2n) is 14.4. The lowest BCUT2D eigenvalue weighted by atomic mass is 9.85. The Morgan fingerprint density at radius 3 is 2.47 bits per heavy atom. The Balaban J connectivity index is 0.980. The zero-order valence-corrected chi connectivity index (χ0v) is 28.1. The number of benzene rings is 2. The monoisotopic (exact) mass is 633 g/mol. The van der Waals surface area contributed by atoms with Crippen molar-refractivity contribution in [2.45, 2.75) is 76.2 Å². The number of rotatable bonds is 8. The van der Waals surface area contributed by atoms with E-state index in [4.69, 9.17) is 10.5 Å². The first-order chi connectivity index (χ1) is 22.6. The fraction of sp³-hybridized carbons (Fsp3) is 0.447. The predicted molar refractivity (Wildman–Crippen MR) is 187 cm³/mol. The molecule has 4 heterocycles. The molecule has 0 unspecified atom stereocenters. The van der Waals surface area contributed by atoms with Crippen molar-refractivity contribution in [3.8, 4) is 22.3 Å². The molecule has 2 fully saturated rings. The minimum atomic E-state index is -0.224. The van der Waals surface area contributed by atoms with Crippen molar-refractivity contribution in [1.29, 1.82) is 0 Å². The topological polar surface area (TPSA) is 102 Å². The summed E-state index contributed by atoms with van der Waals surface area (Å²) < 4.78 is 8.11. The van der Waals surface area contributed by atoms with Gasteiger partial charge in [0.15, 0.2) is 0 Å². The molecule has 2 atom stereocenters. The zero-order chi connectivity index (χ0) is 32.7. The first-order valence-corrected chi connectivity index (χ1v) is 17.0. The molecule has 7 rings (SSSR count). The lowest BCUT2D eigenvalue weighted by Gasteiger charge is -2.37. The van der Waals surface area contributed by atoms with Crippen LogP contribution in [0.5, 0.6) is 0 Å². The standard InChI is InChI=1S/C38H47N7O2/c1-38(2)24-45(30-14-16-43(3)17-15-30)34-13-12-27(19-32(34)38)26-10-8-25(9-11-26)23-47-35-7-5-6-33(35)42-37(46)31-18-28(20-40-36(31)39)29-21-41-44(4)22-29/h8-13,18-22,30,33,35H,5-7,14-17,23-24H2,1-4H3,(H2,39,40)(H,42,46)/t33-,35-/m0/s1. The van der Waals surface area contributed by atoms with Crippen molar-refractivity contribution in [3.63, 3.8) is 0 Å². The quantitative estimate of drug-likeness (QED) is 0.253. The number of hydrogen-bond donors (Lipinski definition) is 2. The number of pyridine rings is 1. The summed E-state index contributed by atoms with van der Waals surface area (Å²) in [7, 11) is 4.09. The van der Waals surface area contributed by atoms with Crippen LogP contribution in [0.1, 0.15) is 67.4 Å². The van der Waals surface area contributed by atoms with Gasteiger partial charge in [-0.15, -0.1) is 0 Å². The van der Waals surface area contributed by atoms with Crippen molar-refractivity contribution < 1.29 is 9.53 Å². The van der Waals surface area contributed by atoms with Gasteiger partial charge in [-0.2, -0.15) is 5.10 Å². The van der Waals surface area contributed by atoms with E-state index in [9.17, 15) is 4.79 Å². The summed E-state index contributed by atoms with van der Waals surface area (Å²) in [5.41, 5.74) is 14.8. The first-order valence-electron chi connectivity index (χ1n) is 17.0. The van der Waals surface area contributed by atoms with E-state index < -0.39 is 0 Å². The summed E-state index contributed by atoms with van der Waals surface area (Å²) in [5, 5.41) is 7.40. The van der Waals surface area contributed by atoms with Gasteiger partial charge in [-0.05, 0) is 92.7 Å². The number of likely N-dealkylation sites (tertiary alicyclic amines) is 1. The maximum atomic E-state index is 13.3. The summed E-state index contributed by atoms with van der Waals surface area (Å²) >= 11 is 0. The molecule has 2 aliphatic heterocycles. The van der Waals surface area contributed by atoms with Crippen LogP contribution in [0.4, 0.5) is 11.5 Å².